The third-order valence-corrected chi connectivity index (χ3v) is 6.19. The summed E-state index contributed by atoms with van der Waals surface area (Å²) in [5.74, 6) is 0.477. The number of ether oxygens (including phenoxy) is 1. The number of nitrogens with one attached hydrogen (secondary N) is 1. The van der Waals surface area contributed by atoms with Crippen LogP contribution in [-0.2, 0) is 11.8 Å². The summed E-state index contributed by atoms with van der Waals surface area (Å²) in [5, 5.41) is 6.02. The van der Waals surface area contributed by atoms with Gasteiger partial charge in [0, 0.05) is 37.7 Å². The molecule has 1 N–H and O–H groups in total. The summed E-state index contributed by atoms with van der Waals surface area (Å²) in [6, 6.07) is 17.9. The maximum Gasteiger partial charge on any atom is 0.322 e. The van der Waals surface area contributed by atoms with Gasteiger partial charge < -0.3 is 15.0 Å². The van der Waals surface area contributed by atoms with Gasteiger partial charge in [0.15, 0.2) is 0 Å². The highest BCUT2D eigenvalue weighted by molar-refractivity contribution is 6.31. The van der Waals surface area contributed by atoms with E-state index in [2.05, 4.69) is 5.32 Å². The molecule has 3 aromatic carbocycles. The van der Waals surface area contributed by atoms with E-state index in [-0.39, 0.29) is 11.6 Å². The Kier molecular flexibility index (Phi) is 7.14. The highest BCUT2D eigenvalue weighted by Gasteiger charge is 2.26. The monoisotopic (exact) mass is 478 g/mol. The minimum Gasteiger partial charge on any atom is -0.385 e. The molecule has 176 valence electrons. The summed E-state index contributed by atoms with van der Waals surface area (Å²) in [4.78, 5) is 32.9. The Morgan fingerprint density at radius 1 is 1.15 bits per heavy atom. The van der Waals surface area contributed by atoms with Gasteiger partial charge >= 0.3 is 6.03 Å². The number of methoxy groups -OCH3 is 1. The van der Waals surface area contributed by atoms with E-state index in [1.807, 2.05) is 49.4 Å². The Bertz CT molecular complexity index is 1400. The predicted molar refractivity (Wildman–Crippen MR) is 137 cm³/mol. The molecule has 7 nitrogen and oxygen atoms in total. The Morgan fingerprint density at radius 3 is 2.71 bits per heavy atom. The maximum atomic E-state index is 13.5. The number of urea groups is 1. The molecule has 1 aromatic heterocycles. The molecule has 0 fully saturated rings. The zero-order chi connectivity index (χ0) is 24.2. The van der Waals surface area contributed by atoms with Gasteiger partial charge in [-0.15, -0.1) is 0 Å². The van der Waals surface area contributed by atoms with Gasteiger partial charge in [0.1, 0.15) is 5.82 Å². The van der Waals surface area contributed by atoms with Crippen LogP contribution in [0.4, 0.5) is 10.5 Å². The van der Waals surface area contributed by atoms with E-state index in [9.17, 15) is 9.59 Å². The molecule has 0 radical (unpaired) electrons. The lowest BCUT2D eigenvalue weighted by Gasteiger charge is -2.30. The minimum atomic E-state index is -0.479. The SMILES string of the molecule is COCCCN(C(=O)Nc1cccc2ccccc12)C(C)c1nc2cc(Cl)ccc2c(=O)n1C. The van der Waals surface area contributed by atoms with Crippen molar-refractivity contribution in [2.24, 2.45) is 7.05 Å². The smallest absolute Gasteiger partial charge is 0.322 e. The molecule has 0 aliphatic heterocycles. The van der Waals surface area contributed by atoms with Gasteiger partial charge in [-0.3, -0.25) is 9.36 Å². The van der Waals surface area contributed by atoms with Crippen LogP contribution < -0.4 is 10.9 Å². The number of amides is 2. The van der Waals surface area contributed by atoms with Crippen molar-refractivity contribution in [2.45, 2.75) is 19.4 Å². The van der Waals surface area contributed by atoms with Gasteiger partial charge in [-0.05, 0) is 43.0 Å². The van der Waals surface area contributed by atoms with E-state index in [1.165, 1.54) is 4.57 Å². The van der Waals surface area contributed by atoms with E-state index in [0.29, 0.717) is 41.3 Å². The van der Waals surface area contributed by atoms with Crippen LogP contribution in [0.15, 0.2) is 65.5 Å². The van der Waals surface area contributed by atoms with Gasteiger partial charge in [-0.1, -0.05) is 48.0 Å². The normalized spacial score (nSPS) is 12.1. The second kappa shape index (κ2) is 10.2. The highest BCUT2D eigenvalue weighted by atomic mass is 35.5. The van der Waals surface area contributed by atoms with Crippen molar-refractivity contribution >= 4 is 45.0 Å². The molecule has 0 aliphatic carbocycles. The molecule has 1 atom stereocenters. The summed E-state index contributed by atoms with van der Waals surface area (Å²) in [5.41, 5.74) is 1.04. The lowest BCUT2D eigenvalue weighted by atomic mass is 10.1. The molecule has 0 saturated carbocycles. The highest BCUT2D eigenvalue weighted by Crippen LogP contribution is 2.26. The molecular weight excluding hydrogens is 452 g/mol. The number of fused-ring (bicyclic) bond motifs is 2. The summed E-state index contributed by atoms with van der Waals surface area (Å²) < 4.78 is 6.70. The van der Waals surface area contributed by atoms with E-state index in [1.54, 1.807) is 37.3 Å². The fourth-order valence-corrected chi connectivity index (χ4v) is 4.31. The standard InChI is InChI=1S/C26H27ClN4O3/c1-17(24-28-23-16-19(27)12-13-21(23)25(32)30(24)2)31(14-7-15-34-3)26(33)29-22-11-6-9-18-8-4-5-10-20(18)22/h4-6,8-13,16-17H,7,14-15H2,1-3H3,(H,29,33). The lowest BCUT2D eigenvalue weighted by Crippen LogP contribution is -2.40. The number of benzene rings is 3. The van der Waals surface area contributed by atoms with E-state index in [0.717, 1.165) is 16.5 Å². The number of rotatable bonds is 7. The van der Waals surface area contributed by atoms with Crippen molar-refractivity contribution in [3.8, 4) is 0 Å². The quantitative estimate of drug-likeness (QED) is 0.362. The van der Waals surface area contributed by atoms with Crippen molar-refractivity contribution in [1.82, 2.24) is 14.5 Å². The fraction of sp³-hybridized carbons (Fsp3) is 0.269. The van der Waals surface area contributed by atoms with Gasteiger partial charge in [0.05, 0.1) is 22.6 Å². The molecule has 4 aromatic rings. The van der Waals surface area contributed by atoms with Crippen LogP contribution in [0.2, 0.25) is 5.02 Å². The van der Waals surface area contributed by atoms with E-state index >= 15 is 0 Å². The van der Waals surface area contributed by atoms with Crippen molar-refractivity contribution in [3.05, 3.63) is 81.9 Å². The number of aromatic nitrogens is 2. The lowest BCUT2D eigenvalue weighted by molar-refractivity contribution is 0.158. The number of carbonyl (C=O) groups is 1. The van der Waals surface area contributed by atoms with Gasteiger partial charge in [-0.2, -0.15) is 0 Å². The van der Waals surface area contributed by atoms with Crippen LogP contribution in [0, 0.1) is 0 Å². The molecular formula is C26H27ClN4O3. The molecule has 0 spiro atoms. The average Bonchev–Trinajstić information content (AvgIpc) is 2.84. The number of carbonyl (C=O) groups excluding carboxylic acids is 1. The van der Waals surface area contributed by atoms with Crippen molar-refractivity contribution < 1.29 is 9.53 Å². The number of hydrogen-bond donors (Lipinski definition) is 1. The van der Waals surface area contributed by atoms with Crippen LogP contribution in [0.3, 0.4) is 0 Å². The topological polar surface area (TPSA) is 76.5 Å². The van der Waals surface area contributed by atoms with Crippen molar-refractivity contribution in [1.29, 1.82) is 0 Å². The molecule has 4 rings (SSSR count). The summed E-state index contributed by atoms with van der Waals surface area (Å²) in [6.07, 6.45) is 0.636. The number of nitrogens with zero attached hydrogens (tertiary/aromatic N) is 3. The fourth-order valence-electron chi connectivity index (χ4n) is 4.15. The third kappa shape index (κ3) is 4.76. The summed E-state index contributed by atoms with van der Waals surface area (Å²) >= 11 is 6.14. The Balaban J connectivity index is 1.71. The van der Waals surface area contributed by atoms with Crippen molar-refractivity contribution in [3.63, 3.8) is 0 Å². The molecule has 0 aliphatic rings. The minimum absolute atomic E-state index is 0.185. The molecule has 34 heavy (non-hydrogen) atoms. The van der Waals surface area contributed by atoms with E-state index < -0.39 is 6.04 Å². The van der Waals surface area contributed by atoms with Gasteiger partial charge in [-0.25, -0.2) is 9.78 Å². The first-order valence-corrected chi connectivity index (χ1v) is 11.5. The zero-order valence-electron chi connectivity index (χ0n) is 19.4. The Hall–Kier alpha value is -3.42. The third-order valence-electron chi connectivity index (χ3n) is 5.95. The Morgan fingerprint density at radius 2 is 1.91 bits per heavy atom. The molecule has 1 heterocycles. The average molecular weight is 479 g/mol. The van der Waals surface area contributed by atoms with Gasteiger partial charge in [0.25, 0.3) is 5.56 Å². The number of halogens is 1. The van der Waals surface area contributed by atoms with Crippen LogP contribution in [0.25, 0.3) is 21.7 Å². The molecule has 8 heteroatoms. The molecule has 0 bridgehead atoms. The van der Waals surface area contributed by atoms with E-state index in [4.69, 9.17) is 21.3 Å². The maximum absolute atomic E-state index is 13.5. The molecule has 1 unspecified atom stereocenters. The largest absolute Gasteiger partial charge is 0.385 e. The van der Waals surface area contributed by atoms with Crippen LogP contribution in [0.5, 0.6) is 0 Å². The first kappa shape index (κ1) is 23.7. The zero-order valence-corrected chi connectivity index (χ0v) is 20.2. The second-order valence-corrected chi connectivity index (χ2v) is 8.60. The van der Waals surface area contributed by atoms with Crippen LogP contribution >= 0.6 is 11.6 Å². The van der Waals surface area contributed by atoms with Crippen molar-refractivity contribution in [2.75, 3.05) is 25.6 Å². The Labute approximate surface area is 202 Å². The molecule has 2 amide bonds. The summed E-state index contributed by atoms with van der Waals surface area (Å²) in [7, 11) is 3.30. The predicted octanol–water partition coefficient (Wildman–Crippen LogP) is 5.37. The first-order chi connectivity index (χ1) is 16.4. The first-order valence-electron chi connectivity index (χ1n) is 11.1. The van der Waals surface area contributed by atoms with Crippen LogP contribution in [0.1, 0.15) is 25.2 Å². The van der Waals surface area contributed by atoms with Crippen LogP contribution in [-0.4, -0.2) is 40.7 Å². The second-order valence-electron chi connectivity index (χ2n) is 8.17. The molecule has 0 saturated heterocycles. The number of anilines is 1. The number of hydrogen-bond acceptors (Lipinski definition) is 4. The summed E-state index contributed by atoms with van der Waals surface area (Å²) in [6.45, 7) is 2.80. The van der Waals surface area contributed by atoms with Gasteiger partial charge in [0.2, 0.25) is 0 Å².